The van der Waals surface area contributed by atoms with Crippen molar-refractivity contribution in [2.75, 3.05) is 7.11 Å². The van der Waals surface area contributed by atoms with E-state index in [2.05, 4.69) is 24.4 Å². The van der Waals surface area contributed by atoms with E-state index in [9.17, 15) is 9.18 Å². The number of benzene rings is 2. The topological polar surface area (TPSA) is 50.7 Å². The standard InChI is InChI=1S/C19H21FN2O2/c1-12(2)16-10-14(13(3)9-18(16)24-4)11-21-22-19(23)15-7-5-6-8-17(15)20/h5-12H,1-4H3,(H,22,23)/b21-11-. The first-order chi connectivity index (χ1) is 11.4. The van der Waals surface area contributed by atoms with E-state index in [-0.39, 0.29) is 5.56 Å². The molecule has 0 radical (unpaired) electrons. The highest BCUT2D eigenvalue weighted by molar-refractivity contribution is 5.95. The van der Waals surface area contributed by atoms with Crippen molar-refractivity contribution in [3.63, 3.8) is 0 Å². The molecule has 0 unspecified atom stereocenters. The number of carbonyl (C=O) groups is 1. The smallest absolute Gasteiger partial charge is 0.274 e. The SMILES string of the molecule is COc1cc(C)c(/C=N\NC(=O)c2ccccc2F)cc1C(C)C. The van der Waals surface area contributed by atoms with Crippen molar-refractivity contribution in [2.45, 2.75) is 26.7 Å². The van der Waals surface area contributed by atoms with Crippen LogP contribution in [0.5, 0.6) is 5.75 Å². The van der Waals surface area contributed by atoms with Gasteiger partial charge >= 0.3 is 0 Å². The average molecular weight is 328 g/mol. The van der Waals surface area contributed by atoms with Crippen LogP contribution < -0.4 is 10.2 Å². The zero-order valence-electron chi connectivity index (χ0n) is 14.3. The Hall–Kier alpha value is -2.69. The van der Waals surface area contributed by atoms with Gasteiger partial charge in [0.2, 0.25) is 0 Å². The summed E-state index contributed by atoms with van der Waals surface area (Å²) in [5, 5.41) is 3.94. The van der Waals surface area contributed by atoms with Crippen LogP contribution in [0.1, 0.15) is 46.8 Å². The lowest BCUT2D eigenvalue weighted by Crippen LogP contribution is -2.19. The molecule has 0 saturated carbocycles. The van der Waals surface area contributed by atoms with E-state index in [1.807, 2.05) is 19.1 Å². The first kappa shape index (κ1) is 17.7. The molecule has 0 atom stereocenters. The maximum Gasteiger partial charge on any atom is 0.274 e. The minimum absolute atomic E-state index is 0.0380. The molecule has 1 N–H and O–H groups in total. The van der Waals surface area contributed by atoms with Crippen molar-refractivity contribution in [2.24, 2.45) is 5.10 Å². The maximum absolute atomic E-state index is 13.6. The van der Waals surface area contributed by atoms with E-state index in [4.69, 9.17) is 4.74 Å². The second-order valence-electron chi connectivity index (χ2n) is 5.78. The molecule has 0 aliphatic rings. The van der Waals surface area contributed by atoms with Crippen molar-refractivity contribution in [1.29, 1.82) is 0 Å². The zero-order valence-corrected chi connectivity index (χ0v) is 14.3. The van der Waals surface area contributed by atoms with Crippen LogP contribution in [-0.4, -0.2) is 19.2 Å². The molecule has 0 fully saturated rings. The normalized spacial score (nSPS) is 11.1. The average Bonchev–Trinajstić information content (AvgIpc) is 2.55. The van der Waals surface area contributed by atoms with E-state index < -0.39 is 11.7 Å². The summed E-state index contributed by atoms with van der Waals surface area (Å²) in [4.78, 5) is 11.9. The third-order valence-electron chi connectivity index (χ3n) is 3.73. The summed E-state index contributed by atoms with van der Waals surface area (Å²) in [6.45, 7) is 6.09. The van der Waals surface area contributed by atoms with Crippen molar-refractivity contribution in [3.05, 3.63) is 64.5 Å². The van der Waals surface area contributed by atoms with Crippen LogP contribution in [0.3, 0.4) is 0 Å². The molecule has 0 heterocycles. The van der Waals surface area contributed by atoms with Crippen molar-refractivity contribution in [1.82, 2.24) is 5.43 Å². The van der Waals surface area contributed by atoms with Crippen LogP contribution in [0.2, 0.25) is 0 Å². The fraction of sp³-hybridized carbons (Fsp3) is 0.263. The number of carbonyl (C=O) groups excluding carboxylic acids is 1. The Morgan fingerprint density at radius 3 is 2.62 bits per heavy atom. The first-order valence-corrected chi connectivity index (χ1v) is 7.70. The van der Waals surface area contributed by atoms with Gasteiger partial charge in [-0.2, -0.15) is 5.10 Å². The molecule has 0 saturated heterocycles. The van der Waals surface area contributed by atoms with Gasteiger partial charge in [0.15, 0.2) is 0 Å². The molecule has 0 bridgehead atoms. The minimum atomic E-state index is -0.584. The Labute approximate surface area is 141 Å². The van der Waals surface area contributed by atoms with Crippen molar-refractivity contribution >= 4 is 12.1 Å². The molecule has 4 nitrogen and oxygen atoms in total. The Balaban J connectivity index is 2.19. The lowest BCUT2D eigenvalue weighted by Gasteiger charge is -2.14. The third-order valence-corrected chi connectivity index (χ3v) is 3.73. The molecule has 2 aromatic carbocycles. The van der Waals surface area contributed by atoms with Gasteiger partial charge in [-0.05, 0) is 53.8 Å². The summed E-state index contributed by atoms with van der Waals surface area (Å²) in [7, 11) is 1.64. The van der Waals surface area contributed by atoms with E-state index in [0.717, 1.165) is 22.4 Å². The van der Waals surface area contributed by atoms with Gasteiger partial charge in [0.05, 0.1) is 18.9 Å². The van der Waals surface area contributed by atoms with E-state index in [1.54, 1.807) is 19.4 Å². The molecule has 0 aliphatic heterocycles. The fourth-order valence-corrected chi connectivity index (χ4v) is 2.35. The van der Waals surface area contributed by atoms with Gasteiger partial charge in [0.25, 0.3) is 5.91 Å². The second-order valence-corrected chi connectivity index (χ2v) is 5.78. The summed E-state index contributed by atoms with van der Waals surface area (Å²) in [6.07, 6.45) is 1.55. The quantitative estimate of drug-likeness (QED) is 0.665. The molecular weight excluding hydrogens is 307 g/mol. The van der Waals surface area contributed by atoms with Gasteiger partial charge < -0.3 is 4.74 Å². The van der Waals surface area contributed by atoms with Crippen LogP contribution >= 0.6 is 0 Å². The van der Waals surface area contributed by atoms with Crippen molar-refractivity contribution < 1.29 is 13.9 Å². The Kier molecular flexibility index (Phi) is 5.68. The van der Waals surface area contributed by atoms with Crippen LogP contribution in [0.25, 0.3) is 0 Å². The zero-order chi connectivity index (χ0) is 17.7. The lowest BCUT2D eigenvalue weighted by molar-refractivity contribution is 0.0951. The molecule has 5 heteroatoms. The van der Waals surface area contributed by atoms with E-state index >= 15 is 0 Å². The number of nitrogens with zero attached hydrogens (tertiary/aromatic N) is 1. The number of hydrogen-bond acceptors (Lipinski definition) is 3. The first-order valence-electron chi connectivity index (χ1n) is 7.70. The number of hydrazone groups is 1. The maximum atomic E-state index is 13.6. The molecule has 1 amide bonds. The largest absolute Gasteiger partial charge is 0.496 e. The highest BCUT2D eigenvalue weighted by Crippen LogP contribution is 2.28. The van der Waals surface area contributed by atoms with Gasteiger partial charge in [-0.3, -0.25) is 4.79 Å². The number of amides is 1. The van der Waals surface area contributed by atoms with Gasteiger partial charge in [0.1, 0.15) is 11.6 Å². The Bertz CT molecular complexity index is 770. The highest BCUT2D eigenvalue weighted by atomic mass is 19.1. The van der Waals surface area contributed by atoms with Crippen LogP contribution in [0, 0.1) is 12.7 Å². The summed E-state index contributed by atoms with van der Waals surface area (Å²) >= 11 is 0. The lowest BCUT2D eigenvalue weighted by atomic mass is 9.97. The molecule has 2 aromatic rings. The molecule has 24 heavy (non-hydrogen) atoms. The number of nitrogens with one attached hydrogen (secondary N) is 1. The number of ether oxygens (including phenoxy) is 1. The van der Waals surface area contributed by atoms with Gasteiger partial charge in [-0.25, -0.2) is 9.82 Å². The van der Waals surface area contributed by atoms with Gasteiger partial charge in [-0.15, -0.1) is 0 Å². The van der Waals surface area contributed by atoms with Crippen LogP contribution in [0.4, 0.5) is 4.39 Å². The molecule has 126 valence electrons. The number of rotatable bonds is 5. The Morgan fingerprint density at radius 2 is 2.00 bits per heavy atom. The summed E-state index contributed by atoms with van der Waals surface area (Å²) in [5.41, 5.74) is 5.22. The number of hydrogen-bond donors (Lipinski definition) is 1. The summed E-state index contributed by atoms with van der Waals surface area (Å²) < 4.78 is 19.0. The minimum Gasteiger partial charge on any atom is -0.496 e. The van der Waals surface area contributed by atoms with Crippen molar-refractivity contribution in [3.8, 4) is 5.75 Å². The second kappa shape index (κ2) is 7.73. The molecular formula is C19H21FN2O2. The fourth-order valence-electron chi connectivity index (χ4n) is 2.35. The predicted octanol–water partition coefficient (Wildman–Crippen LogP) is 4.03. The number of halogens is 1. The monoisotopic (exact) mass is 328 g/mol. The molecule has 0 aromatic heterocycles. The molecule has 0 spiro atoms. The molecule has 0 aliphatic carbocycles. The van der Waals surface area contributed by atoms with Gasteiger partial charge in [0, 0.05) is 0 Å². The van der Waals surface area contributed by atoms with E-state index in [1.165, 1.54) is 18.2 Å². The summed E-state index contributed by atoms with van der Waals surface area (Å²) in [6, 6.07) is 9.71. The number of aryl methyl sites for hydroxylation is 1. The van der Waals surface area contributed by atoms with Gasteiger partial charge in [-0.1, -0.05) is 26.0 Å². The predicted molar refractivity (Wildman–Crippen MR) is 93.3 cm³/mol. The van der Waals surface area contributed by atoms with E-state index in [0.29, 0.717) is 5.92 Å². The van der Waals surface area contributed by atoms with Crippen LogP contribution in [0.15, 0.2) is 41.5 Å². The highest BCUT2D eigenvalue weighted by Gasteiger charge is 2.11. The molecule has 2 rings (SSSR count). The van der Waals surface area contributed by atoms with Crippen LogP contribution in [-0.2, 0) is 0 Å². The third kappa shape index (κ3) is 3.98. The Morgan fingerprint density at radius 1 is 1.29 bits per heavy atom. The number of methoxy groups -OCH3 is 1. The summed E-state index contributed by atoms with van der Waals surface area (Å²) in [5.74, 6) is -0.0386.